The van der Waals surface area contributed by atoms with Gasteiger partial charge in [-0.15, -0.1) is 5.73 Å². The van der Waals surface area contributed by atoms with E-state index >= 15 is 0 Å². The Balaban J connectivity index is 0.00000121. The molecule has 0 saturated heterocycles. The Morgan fingerprint density at radius 3 is 2.92 bits per heavy atom. The molecule has 0 bridgehead atoms. The minimum Gasteiger partial charge on any atom is -0.399 e. The van der Waals surface area contributed by atoms with Gasteiger partial charge in [-0.25, -0.2) is 0 Å². The molecule has 0 aromatic rings. The zero-order chi connectivity index (χ0) is 8.32. The van der Waals surface area contributed by atoms with Crippen LogP contribution in [0.5, 0.6) is 0 Å². The maximum absolute atomic E-state index is 5.58. The summed E-state index contributed by atoms with van der Waals surface area (Å²) in [5.74, 6) is 0. The normalized spacial score (nSPS) is 34.0. The van der Waals surface area contributed by atoms with Gasteiger partial charge in [0, 0.05) is 38.4 Å². The van der Waals surface area contributed by atoms with Gasteiger partial charge in [0.15, 0.2) is 0 Å². The predicted molar refractivity (Wildman–Crippen MR) is 51.5 cm³/mol. The minimum absolute atomic E-state index is 0. The third-order valence-electron chi connectivity index (χ3n) is 1.36. The van der Waals surface area contributed by atoms with E-state index < -0.39 is 0 Å². The first kappa shape index (κ1) is 12.3. The van der Waals surface area contributed by atoms with Crippen LogP contribution >= 0.6 is 12.6 Å². The molecule has 1 aliphatic rings. The number of hydrogen-bond donors (Lipinski definition) is 2. The van der Waals surface area contributed by atoms with E-state index in [9.17, 15) is 0 Å². The van der Waals surface area contributed by atoms with Crippen molar-refractivity contribution in [1.29, 1.82) is 0 Å². The fourth-order valence-electron chi connectivity index (χ4n) is 0.730. The third-order valence-corrected chi connectivity index (χ3v) is 1.64. The monoisotopic (exact) mass is 254 g/mol. The molecule has 0 saturated carbocycles. The molecule has 1 aliphatic carbocycles. The molecule has 1 unspecified atom stereocenters. The average molecular weight is 254 g/mol. The van der Waals surface area contributed by atoms with Crippen LogP contribution in [0.4, 0.5) is 0 Å². The van der Waals surface area contributed by atoms with Gasteiger partial charge in [0.1, 0.15) is 0 Å². The molecule has 0 aromatic heterocycles. The zero-order valence-electron chi connectivity index (χ0n) is 6.99. The van der Waals surface area contributed by atoms with E-state index in [1.54, 1.807) is 12.2 Å². The molecular weight excluding hydrogens is 243 g/mol. The molecule has 1 rings (SSSR count). The van der Waals surface area contributed by atoms with Crippen molar-refractivity contribution in [3.63, 3.8) is 0 Å². The van der Waals surface area contributed by atoms with Crippen molar-refractivity contribution in [3.05, 3.63) is 41.8 Å². The van der Waals surface area contributed by atoms with Crippen molar-refractivity contribution in [3.8, 4) is 0 Å². The van der Waals surface area contributed by atoms with Crippen LogP contribution in [-0.2, 0) is 32.7 Å². The van der Waals surface area contributed by atoms with E-state index in [4.69, 9.17) is 5.73 Å². The van der Waals surface area contributed by atoms with Gasteiger partial charge in [-0.1, -0.05) is 6.08 Å². The summed E-state index contributed by atoms with van der Waals surface area (Å²) in [4.78, 5) is 0. The second-order valence-electron chi connectivity index (χ2n) is 2.70. The summed E-state index contributed by atoms with van der Waals surface area (Å²) in [6.45, 7) is 1.98. The molecule has 1 nitrogen and oxygen atoms in total. The number of thiol groups is 1. The van der Waals surface area contributed by atoms with Crippen molar-refractivity contribution in [2.75, 3.05) is 0 Å². The largest absolute Gasteiger partial charge is 0.399 e. The van der Waals surface area contributed by atoms with E-state index in [1.165, 1.54) is 0 Å². The van der Waals surface area contributed by atoms with Gasteiger partial charge in [-0.05, 0) is 31.2 Å². The van der Waals surface area contributed by atoms with Crippen LogP contribution in [0.15, 0.2) is 41.8 Å². The van der Waals surface area contributed by atoms with E-state index in [1.807, 2.05) is 25.2 Å². The predicted octanol–water partition coefficient (Wildman–Crippen LogP) is 1.80. The molecule has 2 N–H and O–H groups in total. The fourth-order valence-corrected chi connectivity index (χ4v) is 0.879. The molecule has 61 valence electrons. The van der Waals surface area contributed by atoms with Crippen LogP contribution in [-0.4, -0.2) is 4.75 Å². The minimum atomic E-state index is -0.241. The smallest absolute Gasteiger partial charge is 0.0537 e. The number of allylic oxidation sites excluding steroid dienone is 2. The van der Waals surface area contributed by atoms with E-state index in [2.05, 4.69) is 18.4 Å². The summed E-state index contributed by atoms with van der Waals surface area (Å²) in [6.07, 6.45) is 9.25. The van der Waals surface area contributed by atoms with E-state index in [0.29, 0.717) is 0 Å². The second-order valence-corrected chi connectivity index (χ2v) is 3.67. The van der Waals surface area contributed by atoms with Crippen LogP contribution in [0.1, 0.15) is 6.92 Å². The van der Waals surface area contributed by atoms with Gasteiger partial charge in [0.2, 0.25) is 0 Å². The summed E-state index contributed by atoms with van der Waals surface area (Å²) in [6, 6.07) is 0. The first-order valence-corrected chi connectivity index (χ1v) is 3.86. The van der Waals surface area contributed by atoms with Crippen molar-refractivity contribution >= 4 is 12.6 Å². The Bertz CT molecular complexity index is 270. The van der Waals surface area contributed by atoms with E-state index in [-0.39, 0.29) is 37.5 Å². The second kappa shape index (κ2) is 5.09. The molecule has 0 spiro atoms. The maximum atomic E-state index is 5.58. The van der Waals surface area contributed by atoms with Gasteiger partial charge >= 0.3 is 0 Å². The summed E-state index contributed by atoms with van der Waals surface area (Å²) in [5.41, 5.74) is 9.28. The molecule has 1 radical (unpaired) electrons. The van der Waals surface area contributed by atoms with Crippen molar-refractivity contribution in [2.24, 2.45) is 5.73 Å². The van der Waals surface area contributed by atoms with Gasteiger partial charge in [-0.2, -0.15) is 12.6 Å². The van der Waals surface area contributed by atoms with Gasteiger partial charge in [0.25, 0.3) is 0 Å². The SMILES string of the molecule is CC1(S)C=C=C/C=C(N)\C=C/1.[Y]. The Morgan fingerprint density at radius 2 is 2.25 bits per heavy atom. The summed E-state index contributed by atoms with van der Waals surface area (Å²) >= 11 is 4.37. The Hall–Kier alpha value is 0.254. The van der Waals surface area contributed by atoms with Crippen LogP contribution in [0.3, 0.4) is 0 Å². The van der Waals surface area contributed by atoms with Crippen LogP contribution in [0.2, 0.25) is 0 Å². The number of nitrogens with two attached hydrogens (primary N) is 1. The molecular formula is C9H11NSY. The molecule has 0 heterocycles. The summed E-state index contributed by atoms with van der Waals surface area (Å²) < 4.78 is -0.241. The summed E-state index contributed by atoms with van der Waals surface area (Å²) in [7, 11) is 0. The quantitative estimate of drug-likeness (QED) is 0.500. The van der Waals surface area contributed by atoms with Gasteiger partial charge in [-0.3, -0.25) is 0 Å². The molecule has 0 fully saturated rings. The fraction of sp³-hybridized carbons (Fsp3) is 0.222. The van der Waals surface area contributed by atoms with Crippen LogP contribution in [0.25, 0.3) is 0 Å². The first-order valence-electron chi connectivity index (χ1n) is 3.41. The first-order chi connectivity index (χ1) is 5.10. The molecule has 0 aliphatic heterocycles. The molecule has 0 amide bonds. The van der Waals surface area contributed by atoms with Crippen LogP contribution in [0, 0.1) is 0 Å². The van der Waals surface area contributed by atoms with Crippen LogP contribution < -0.4 is 5.73 Å². The van der Waals surface area contributed by atoms with Crippen molar-refractivity contribution in [1.82, 2.24) is 0 Å². The molecule has 1 atom stereocenters. The van der Waals surface area contributed by atoms with Gasteiger partial charge < -0.3 is 5.73 Å². The Labute approximate surface area is 104 Å². The average Bonchev–Trinajstić information content (AvgIpc) is 1.92. The topological polar surface area (TPSA) is 26.0 Å². The van der Waals surface area contributed by atoms with Gasteiger partial charge in [0.05, 0.1) is 4.75 Å². The number of hydrogen-bond acceptors (Lipinski definition) is 2. The Kier molecular flexibility index (Phi) is 5.19. The Morgan fingerprint density at radius 1 is 1.58 bits per heavy atom. The third kappa shape index (κ3) is 4.32. The molecule has 3 heteroatoms. The zero-order valence-corrected chi connectivity index (χ0v) is 10.7. The number of rotatable bonds is 0. The van der Waals surface area contributed by atoms with Crippen molar-refractivity contribution in [2.45, 2.75) is 11.7 Å². The van der Waals surface area contributed by atoms with Crippen molar-refractivity contribution < 1.29 is 32.7 Å². The van der Waals surface area contributed by atoms with E-state index in [0.717, 1.165) is 5.70 Å². The molecule has 0 aromatic carbocycles. The standard InChI is InChI=1S/C9H11NS.Y/c1-9(11)6-3-2-4-8(10)5-7-9;/h2,4-7,11H,10H2,1H3;/b7-5-,8-4+;. The summed E-state index contributed by atoms with van der Waals surface area (Å²) in [5, 5.41) is 0. The maximum Gasteiger partial charge on any atom is 0.0537 e. The molecule has 12 heavy (non-hydrogen) atoms.